The second kappa shape index (κ2) is 4.14. The van der Waals surface area contributed by atoms with Gasteiger partial charge in [-0.2, -0.15) is 0 Å². The van der Waals surface area contributed by atoms with Gasteiger partial charge in [0.2, 0.25) is 0 Å². The molecule has 2 heterocycles. The van der Waals surface area contributed by atoms with Crippen molar-refractivity contribution in [2.75, 3.05) is 32.8 Å². The molecule has 2 saturated heterocycles. The van der Waals surface area contributed by atoms with Crippen LogP contribution in [0.25, 0.3) is 0 Å². The van der Waals surface area contributed by atoms with Gasteiger partial charge in [0, 0.05) is 19.7 Å². The fourth-order valence-corrected chi connectivity index (χ4v) is 2.05. The Morgan fingerprint density at radius 3 is 3.07 bits per heavy atom. The highest BCUT2D eigenvalue weighted by Gasteiger charge is 2.28. The summed E-state index contributed by atoms with van der Waals surface area (Å²) in [6.07, 6.45) is 0.720. The van der Waals surface area contributed by atoms with Crippen LogP contribution in [-0.2, 0) is 4.74 Å². The first-order chi connectivity index (χ1) is 6.78. The van der Waals surface area contributed by atoms with Crippen molar-refractivity contribution in [2.24, 2.45) is 5.92 Å². The molecule has 2 aliphatic rings. The van der Waals surface area contributed by atoms with Gasteiger partial charge in [0.05, 0.1) is 6.54 Å². The van der Waals surface area contributed by atoms with Gasteiger partial charge >= 0.3 is 6.09 Å². The van der Waals surface area contributed by atoms with Crippen LogP contribution in [0, 0.1) is 5.92 Å². The summed E-state index contributed by atoms with van der Waals surface area (Å²) in [6.45, 7) is 3.58. The molecule has 2 fully saturated rings. The minimum atomic E-state index is -0.312. The normalized spacial score (nSPS) is 33.1. The molecule has 1 amide bonds. The Morgan fingerprint density at radius 1 is 1.64 bits per heavy atom. The highest BCUT2D eigenvalue weighted by atomic mass is 16.6. The first-order valence-corrected chi connectivity index (χ1v) is 5.05. The molecule has 0 saturated carbocycles. The Balaban J connectivity index is 1.73. The summed E-state index contributed by atoms with van der Waals surface area (Å²) in [4.78, 5) is 13.0. The summed E-state index contributed by atoms with van der Waals surface area (Å²) in [6, 6.07) is 0. The van der Waals surface area contributed by atoms with Gasteiger partial charge in [-0.1, -0.05) is 0 Å². The molecule has 0 aliphatic carbocycles. The Hall–Kier alpha value is -0.810. The van der Waals surface area contributed by atoms with Gasteiger partial charge in [-0.05, 0) is 18.9 Å². The first-order valence-electron chi connectivity index (χ1n) is 5.05. The average molecular weight is 200 g/mol. The zero-order chi connectivity index (χ0) is 9.97. The number of hydrogen-bond acceptors (Lipinski definition) is 4. The Kier molecular flexibility index (Phi) is 2.88. The monoisotopic (exact) mass is 200 g/mol. The van der Waals surface area contributed by atoms with Gasteiger partial charge in [0.1, 0.15) is 6.10 Å². The molecule has 80 valence electrons. The van der Waals surface area contributed by atoms with Crippen LogP contribution in [0.1, 0.15) is 6.42 Å². The molecule has 14 heavy (non-hydrogen) atoms. The van der Waals surface area contributed by atoms with Crippen molar-refractivity contribution >= 4 is 6.09 Å². The summed E-state index contributed by atoms with van der Waals surface area (Å²) in [7, 11) is 0. The summed E-state index contributed by atoms with van der Waals surface area (Å²) in [5, 5.41) is 11.6. The highest BCUT2D eigenvalue weighted by molar-refractivity contribution is 5.69. The van der Waals surface area contributed by atoms with E-state index in [-0.39, 0.29) is 18.8 Å². The molecule has 5 nitrogen and oxygen atoms in total. The fourth-order valence-electron chi connectivity index (χ4n) is 2.05. The molecule has 2 atom stereocenters. The molecule has 2 rings (SSSR count). The second-order valence-electron chi connectivity index (χ2n) is 4.01. The third kappa shape index (κ3) is 2.16. The van der Waals surface area contributed by atoms with E-state index in [1.807, 2.05) is 0 Å². The molecule has 0 aromatic carbocycles. The predicted molar refractivity (Wildman–Crippen MR) is 49.9 cm³/mol. The summed E-state index contributed by atoms with van der Waals surface area (Å²) in [5.41, 5.74) is 0. The van der Waals surface area contributed by atoms with Gasteiger partial charge in [-0.25, -0.2) is 4.79 Å². The van der Waals surface area contributed by atoms with Crippen molar-refractivity contribution in [2.45, 2.75) is 12.5 Å². The number of likely N-dealkylation sites (tertiary alicyclic amines) is 1. The molecular formula is C9H16N2O3. The van der Waals surface area contributed by atoms with Crippen LogP contribution in [0.15, 0.2) is 0 Å². The number of nitrogens with one attached hydrogen (secondary N) is 1. The zero-order valence-corrected chi connectivity index (χ0v) is 8.11. The molecular weight excluding hydrogens is 184 g/mol. The van der Waals surface area contributed by atoms with Gasteiger partial charge < -0.3 is 15.2 Å². The van der Waals surface area contributed by atoms with E-state index in [4.69, 9.17) is 9.84 Å². The summed E-state index contributed by atoms with van der Waals surface area (Å²) < 4.78 is 5.04. The number of ether oxygens (including phenoxy) is 1. The number of carbonyl (C=O) groups is 1. The lowest BCUT2D eigenvalue weighted by molar-refractivity contribution is 0.113. The average Bonchev–Trinajstić information content (AvgIpc) is 2.76. The van der Waals surface area contributed by atoms with Gasteiger partial charge in [-0.3, -0.25) is 4.90 Å². The minimum Gasteiger partial charge on any atom is -0.443 e. The van der Waals surface area contributed by atoms with Crippen LogP contribution in [0.5, 0.6) is 0 Å². The molecule has 0 aromatic rings. The molecule has 2 N–H and O–H groups in total. The lowest BCUT2D eigenvalue weighted by Gasteiger charge is -2.18. The second-order valence-corrected chi connectivity index (χ2v) is 4.01. The van der Waals surface area contributed by atoms with Crippen molar-refractivity contribution in [3.05, 3.63) is 0 Å². The van der Waals surface area contributed by atoms with Crippen molar-refractivity contribution < 1.29 is 14.6 Å². The Labute approximate surface area is 83.0 Å². The Bertz CT molecular complexity index is 222. The number of carbonyl (C=O) groups excluding carboxylic acids is 1. The molecule has 0 radical (unpaired) electrons. The third-order valence-electron chi connectivity index (χ3n) is 2.84. The smallest absolute Gasteiger partial charge is 0.407 e. The summed E-state index contributed by atoms with van der Waals surface area (Å²) in [5.74, 6) is 0.403. The quantitative estimate of drug-likeness (QED) is 0.639. The van der Waals surface area contributed by atoms with E-state index >= 15 is 0 Å². The number of alkyl carbamates (subject to hydrolysis) is 1. The van der Waals surface area contributed by atoms with E-state index in [1.165, 1.54) is 0 Å². The molecule has 5 heteroatoms. The molecule has 0 aromatic heterocycles. The highest BCUT2D eigenvalue weighted by Crippen LogP contribution is 2.16. The lowest BCUT2D eigenvalue weighted by Crippen LogP contribution is -2.33. The van der Waals surface area contributed by atoms with Gasteiger partial charge in [0.15, 0.2) is 0 Å². The van der Waals surface area contributed by atoms with Crippen LogP contribution in [-0.4, -0.2) is 55.0 Å². The van der Waals surface area contributed by atoms with Crippen LogP contribution in [0.4, 0.5) is 4.79 Å². The van der Waals surface area contributed by atoms with Crippen LogP contribution >= 0.6 is 0 Å². The predicted octanol–water partition coefficient (Wildman–Crippen LogP) is -0.591. The maximum Gasteiger partial charge on any atom is 0.407 e. The molecule has 0 bridgehead atoms. The molecule has 0 spiro atoms. The van der Waals surface area contributed by atoms with E-state index in [0.29, 0.717) is 12.5 Å². The van der Waals surface area contributed by atoms with E-state index < -0.39 is 0 Å². The fraction of sp³-hybridized carbons (Fsp3) is 0.889. The number of hydrogen-bond donors (Lipinski definition) is 2. The standard InChI is InChI=1S/C9H16N2O3/c12-6-7-1-2-11(4-7)5-8-3-10-9(13)14-8/h7-8,12H,1-6H2,(H,10,13). The number of amides is 1. The number of aliphatic hydroxyl groups excluding tert-OH is 1. The van der Waals surface area contributed by atoms with Crippen LogP contribution in [0.2, 0.25) is 0 Å². The minimum absolute atomic E-state index is 0.0139. The van der Waals surface area contributed by atoms with Crippen LogP contribution < -0.4 is 5.32 Å². The van der Waals surface area contributed by atoms with E-state index in [1.54, 1.807) is 0 Å². The van der Waals surface area contributed by atoms with E-state index in [9.17, 15) is 4.79 Å². The largest absolute Gasteiger partial charge is 0.443 e. The maximum atomic E-state index is 10.8. The van der Waals surface area contributed by atoms with Crippen molar-refractivity contribution in [1.82, 2.24) is 10.2 Å². The summed E-state index contributed by atoms with van der Waals surface area (Å²) >= 11 is 0. The molecule has 2 aliphatic heterocycles. The number of nitrogens with zero attached hydrogens (tertiary/aromatic N) is 1. The third-order valence-corrected chi connectivity index (χ3v) is 2.84. The lowest BCUT2D eigenvalue weighted by atomic mass is 10.1. The van der Waals surface area contributed by atoms with E-state index in [0.717, 1.165) is 26.1 Å². The number of cyclic esters (lactones) is 1. The maximum absolute atomic E-state index is 10.8. The zero-order valence-electron chi connectivity index (χ0n) is 8.11. The van der Waals surface area contributed by atoms with Gasteiger partial charge in [-0.15, -0.1) is 0 Å². The van der Waals surface area contributed by atoms with Crippen molar-refractivity contribution in [3.8, 4) is 0 Å². The van der Waals surface area contributed by atoms with Crippen molar-refractivity contribution in [3.63, 3.8) is 0 Å². The van der Waals surface area contributed by atoms with E-state index in [2.05, 4.69) is 10.2 Å². The first kappa shape index (κ1) is 9.73. The Morgan fingerprint density at radius 2 is 2.50 bits per heavy atom. The SMILES string of the molecule is O=C1NCC(CN2CCC(CO)C2)O1. The molecule has 2 unspecified atom stereocenters. The number of rotatable bonds is 3. The van der Waals surface area contributed by atoms with Crippen LogP contribution in [0.3, 0.4) is 0 Å². The number of aliphatic hydroxyl groups is 1. The van der Waals surface area contributed by atoms with Crippen molar-refractivity contribution in [1.29, 1.82) is 0 Å². The van der Waals surface area contributed by atoms with Gasteiger partial charge in [0.25, 0.3) is 0 Å². The topological polar surface area (TPSA) is 61.8 Å².